The third-order valence-electron chi connectivity index (χ3n) is 20.6. The van der Waals surface area contributed by atoms with Gasteiger partial charge in [0.25, 0.3) is 20.1 Å². The summed E-state index contributed by atoms with van der Waals surface area (Å²) < 4.78 is 101. The van der Waals surface area contributed by atoms with Gasteiger partial charge in [0.1, 0.15) is 57.5 Å². The monoisotopic (exact) mass is 1280 g/mol. The molecule has 0 saturated carbocycles. The van der Waals surface area contributed by atoms with Crippen molar-refractivity contribution in [1.29, 1.82) is 0 Å². The molecule has 0 aliphatic carbocycles. The van der Waals surface area contributed by atoms with Crippen molar-refractivity contribution in [3.8, 4) is 57.5 Å². The average molecular weight is 1280 g/mol. The molecule has 6 aliphatic heterocycles. The number of nitrogens with zero attached hydrogens (tertiary/aromatic N) is 2. The van der Waals surface area contributed by atoms with Crippen LogP contribution in [0.2, 0.25) is 0 Å². The normalized spacial score (nSPS) is 14.2. The van der Waals surface area contributed by atoms with E-state index in [0.717, 1.165) is 88.8 Å². The minimum Gasteiger partial charge on any atom is -0.458 e. The SMILES string of the molecule is [2H]c1c2c3c(c([2H])c1C(c1ccccc1)c1ccccc1)Oc1cc4c(cc1B3c1ccccc1O2)B1c2cc3c(cc2N(c2c(C)cc(C)cc2C)c2c([2H])c(N(c5ccccc5)c5ccccc5)c([2H])c(c21)O4)Oc1c([2H])c(C(c2ccccc2)c2ccccc2)c([2H])c2c1B3c1ccccc1O2. The van der Waals surface area contributed by atoms with Crippen molar-refractivity contribution in [2.75, 3.05) is 9.80 Å². The predicted octanol–water partition coefficient (Wildman–Crippen LogP) is 16.3. The van der Waals surface area contributed by atoms with Gasteiger partial charge in [-0.1, -0.05) is 224 Å². The van der Waals surface area contributed by atoms with Crippen molar-refractivity contribution in [3.05, 3.63) is 353 Å². The molecule has 0 spiro atoms. The lowest BCUT2D eigenvalue weighted by Crippen LogP contribution is -2.64. The molecule has 0 aromatic heterocycles. The predicted molar refractivity (Wildman–Crippen MR) is 404 cm³/mol. The fraction of sp³-hybridized carbons (Fsp3) is 0.0562. The van der Waals surface area contributed by atoms with Crippen LogP contribution >= 0.6 is 0 Å². The summed E-state index contributed by atoms with van der Waals surface area (Å²) in [7, 11) is 0. The maximum Gasteiger partial charge on any atom is 0.260 e. The highest BCUT2D eigenvalue weighted by Crippen LogP contribution is 2.51. The van der Waals surface area contributed by atoms with E-state index in [-0.39, 0.29) is 53.4 Å². The molecule has 6 heterocycles. The van der Waals surface area contributed by atoms with Crippen molar-refractivity contribution in [1.82, 2.24) is 0 Å². The molecular weight excluding hydrogens is 1210 g/mol. The van der Waals surface area contributed by atoms with E-state index < -0.39 is 32.0 Å². The number of anilines is 6. The van der Waals surface area contributed by atoms with Crippen molar-refractivity contribution < 1.29 is 31.9 Å². The second kappa shape index (κ2) is 22.5. The molecule has 0 saturated heterocycles. The van der Waals surface area contributed by atoms with Crippen LogP contribution in [0.1, 0.15) is 70.1 Å². The molecule has 0 fully saturated rings. The standard InChI is InChI=1S/C89H61B3N2O5/c1-54-42-55(2)89(56(3)43-54)94-72-52-76-69(90-66-38-22-24-40-74(66)95-79-44-61(46-81(97-76)87(79)90)84(57-26-10-4-11-27-57)58-28-12-5-13-29-58)50-68(72)92-71-51-70-77(53-78(71)99-83-49-65(48-73(94)86(83)92)93(63-34-18-8-19-35-63)64-36-20-9-21-37-64)98-82-47-62(45-80-88(82)91(70)67-39-23-25-41-75(67)96-80)85(59-30-14-6-15-31-59)60-32-16-7-17-33-60/h4-53,84-85H,1-3H3/i44D,45D,46D,47D,48D,49D. The maximum absolute atomic E-state index is 11.3. The first-order valence-corrected chi connectivity index (χ1v) is 33.8. The zero-order valence-corrected chi connectivity index (χ0v) is 54.2. The van der Waals surface area contributed by atoms with Gasteiger partial charge in [-0.2, -0.15) is 0 Å². The highest BCUT2D eigenvalue weighted by Gasteiger charge is 2.50. The summed E-state index contributed by atoms with van der Waals surface area (Å²) in [6.07, 6.45) is 0. The number of hydrogen-bond donors (Lipinski definition) is 0. The van der Waals surface area contributed by atoms with E-state index in [1.807, 2.05) is 229 Å². The zero-order valence-electron chi connectivity index (χ0n) is 60.2. The summed E-state index contributed by atoms with van der Waals surface area (Å²) in [4.78, 5) is 4.18. The van der Waals surface area contributed by atoms with Gasteiger partial charge in [-0.3, -0.25) is 0 Å². The molecule has 99 heavy (non-hydrogen) atoms. The molecule has 14 aromatic carbocycles. The molecule has 20 rings (SSSR count). The van der Waals surface area contributed by atoms with Crippen LogP contribution in [-0.2, 0) is 0 Å². The molecule has 0 amide bonds. The van der Waals surface area contributed by atoms with Crippen LogP contribution in [0.5, 0.6) is 57.5 Å². The van der Waals surface area contributed by atoms with E-state index in [1.54, 1.807) is 0 Å². The van der Waals surface area contributed by atoms with Crippen molar-refractivity contribution in [2.24, 2.45) is 0 Å². The molecule has 0 atom stereocenters. The van der Waals surface area contributed by atoms with Gasteiger partial charge in [0.15, 0.2) is 0 Å². The molecular formula is C89H61B3N2O5. The Morgan fingerprint density at radius 3 is 1.08 bits per heavy atom. The molecule has 7 nitrogen and oxygen atoms in total. The Kier molecular flexibility index (Phi) is 11.6. The summed E-state index contributed by atoms with van der Waals surface area (Å²) in [5.41, 5.74) is 17.8. The minimum absolute atomic E-state index is 0.00644. The molecule has 0 N–H and O–H groups in total. The number of aryl methyl sites for hydroxylation is 3. The summed E-state index contributed by atoms with van der Waals surface area (Å²) >= 11 is 0. The second-order valence-corrected chi connectivity index (χ2v) is 26.5. The fourth-order valence-corrected chi connectivity index (χ4v) is 16.5. The lowest BCUT2D eigenvalue weighted by atomic mass is 9.30. The fourth-order valence-electron chi connectivity index (χ4n) is 16.5. The lowest BCUT2D eigenvalue weighted by molar-refractivity contribution is 0.455. The molecule has 0 bridgehead atoms. The summed E-state index contributed by atoms with van der Waals surface area (Å²) in [6, 6.07) is 88.9. The topological polar surface area (TPSA) is 52.6 Å². The third-order valence-corrected chi connectivity index (χ3v) is 20.6. The number of benzene rings is 14. The Balaban J connectivity index is 0.875. The average Bonchev–Trinajstić information content (AvgIpc) is 0.682. The molecule has 0 unspecified atom stereocenters. The van der Waals surface area contributed by atoms with Gasteiger partial charge in [-0.15, -0.1) is 0 Å². The van der Waals surface area contributed by atoms with Gasteiger partial charge in [-0.25, -0.2) is 0 Å². The molecule has 14 aromatic rings. The summed E-state index contributed by atoms with van der Waals surface area (Å²) in [6.45, 7) is 4.33. The van der Waals surface area contributed by atoms with Crippen LogP contribution in [0, 0.1) is 20.8 Å². The smallest absolute Gasteiger partial charge is 0.260 e. The lowest BCUT2D eigenvalue weighted by Gasteiger charge is -2.43. The van der Waals surface area contributed by atoms with E-state index in [1.165, 1.54) is 0 Å². The highest BCUT2D eigenvalue weighted by molar-refractivity contribution is 7.03. The van der Waals surface area contributed by atoms with Gasteiger partial charge in [0.05, 0.1) is 19.6 Å². The Hall–Kier alpha value is -12.1. The Labute approximate surface area is 585 Å². The van der Waals surface area contributed by atoms with Crippen LogP contribution < -0.4 is 82.6 Å². The Bertz CT molecular complexity index is 5860. The molecule has 466 valence electrons. The van der Waals surface area contributed by atoms with Crippen molar-refractivity contribution >= 4 is 103 Å². The second-order valence-electron chi connectivity index (χ2n) is 26.5. The van der Waals surface area contributed by atoms with Crippen LogP contribution in [0.3, 0.4) is 0 Å². The summed E-state index contributed by atoms with van der Waals surface area (Å²) in [5.74, 6) is 2.89. The minimum atomic E-state index is -0.764. The number of hydrogen-bond acceptors (Lipinski definition) is 7. The van der Waals surface area contributed by atoms with Crippen molar-refractivity contribution in [3.63, 3.8) is 0 Å². The van der Waals surface area contributed by atoms with Gasteiger partial charge >= 0.3 is 0 Å². The quantitative estimate of drug-likeness (QED) is 0.0999. The Morgan fingerprint density at radius 1 is 0.293 bits per heavy atom. The van der Waals surface area contributed by atoms with E-state index in [0.29, 0.717) is 84.9 Å². The highest BCUT2D eigenvalue weighted by atomic mass is 16.5. The summed E-state index contributed by atoms with van der Waals surface area (Å²) in [5, 5.41) is 0. The van der Waals surface area contributed by atoms with E-state index >= 15 is 0 Å². The zero-order chi connectivity index (χ0) is 70.8. The number of rotatable bonds is 10. The molecule has 10 heteroatoms. The van der Waals surface area contributed by atoms with E-state index in [4.69, 9.17) is 23.7 Å². The van der Waals surface area contributed by atoms with Gasteiger partial charge in [0, 0.05) is 63.7 Å². The number of para-hydroxylation sites is 4. The van der Waals surface area contributed by atoms with Gasteiger partial charge in [0.2, 0.25) is 0 Å². The van der Waals surface area contributed by atoms with Crippen LogP contribution in [0.15, 0.2) is 303 Å². The third kappa shape index (κ3) is 9.08. The van der Waals surface area contributed by atoms with Crippen LogP contribution in [-0.4, -0.2) is 20.1 Å². The van der Waals surface area contributed by atoms with Crippen LogP contribution in [0.25, 0.3) is 0 Å². The van der Waals surface area contributed by atoms with Gasteiger partial charge < -0.3 is 33.5 Å². The number of ether oxygens (including phenoxy) is 5. The number of fused-ring (bicyclic) bond motifs is 12. The van der Waals surface area contributed by atoms with E-state index in [2.05, 4.69) is 68.1 Å². The van der Waals surface area contributed by atoms with E-state index in [9.17, 15) is 8.22 Å². The first-order chi connectivity index (χ1) is 51.4. The van der Waals surface area contributed by atoms with Crippen molar-refractivity contribution in [2.45, 2.75) is 32.6 Å². The van der Waals surface area contributed by atoms with Crippen LogP contribution in [0.4, 0.5) is 34.1 Å². The maximum atomic E-state index is 11.3. The first kappa shape index (κ1) is 51.2. The molecule has 0 radical (unpaired) electrons. The van der Waals surface area contributed by atoms with Gasteiger partial charge in [-0.05, 0) is 170 Å². The largest absolute Gasteiger partial charge is 0.458 e. The first-order valence-electron chi connectivity index (χ1n) is 36.8. The molecule has 6 aliphatic rings. The Morgan fingerprint density at radius 2 is 0.646 bits per heavy atom.